The molecule has 0 aromatic rings. The van der Waals surface area contributed by atoms with Crippen LogP contribution in [0.3, 0.4) is 0 Å². The molecule has 11 heavy (non-hydrogen) atoms. The quantitative estimate of drug-likeness (QED) is 0.634. The van der Waals surface area contributed by atoms with Gasteiger partial charge < -0.3 is 10.6 Å². The van der Waals surface area contributed by atoms with Crippen LogP contribution < -0.4 is 5.73 Å². The van der Waals surface area contributed by atoms with Gasteiger partial charge in [0.1, 0.15) is 0 Å². The highest BCUT2D eigenvalue weighted by molar-refractivity contribution is 5.78. The van der Waals surface area contributed by atoms with Crippen molar-refractivity contribution in [3.05, 3.63) is 0 Å². The summed E-state index contributed by atoms with van der Waals surface area (Å²) >= 11 is 0. The molecule has 0 unspecified atom stereocenters. The largest absolute Gasteiger partial charge is 0.342 e. The van der Waals surface area contributed by atoms with E-state index in [1.54, 1.807) is 0 Å². The summed E-state index contributed by atoms with van der Waals surface area (Å²) in [6, 6.07) is 0. The zero-order valence-electron chi connectivity index (χ0n) is 7.05. The Labute approximate surface area is 67.5 Å². The predicted molar refractivity (Wildman–Crippen MR) is 44.0 cm³/mol. The fourth-order valence-corrected chi connectivity index (χ4v) is 1.35. The predicted octanol–water partition coefficient (Wildman–Crippen LogP) is 0.204. The lowest BCUT2D eigenvalue weighted by atomic mass is 10.2. The van der Waals surface area contributed by atoms with Gasteiger partial charge in [-0.2, -0.15) is 0 Å². The topological polar surface area (TPSA) is 46.3 Å². The fourth-order valence-electron chi connectivity index (χ4n) is 1.35. The molecule has 64 valence electrons. The summed E-state index contributed by atoms with van der Waals surface area (Å²) in [7, 11) is 0. The summed E-state index contributed by atoms with van der Waals surface area (Å²) in [4.78, 5) is 13.0. The number of hydrogen-bond donors (Lipinski definition) is 1. The van der Waals surface area contributed by atoms with Gasteiger partial charge in [0.05, 0.1) is 0 Å². The molecule has 0 bridgehead atoms. The van der Waals surface area contributed by atoms with E-state index >= 15 is 0 Å². The van der Waals surface area contributed by atoms with Crippen molar-refractivity contribution in [2.45, 2.75) is 19.8 Å². The van der Waals surface area contributed by atoms with Crippen molar-refractivity contribution >= 4 is 5.91 Å². The number of likely N-dealkylation sites (tertiary alicyclic amines) is 1. The van der Waals surface area contributed by atoms with Gasteiger partial charge >= 0.3 is 0 Å². The van der Waals surface area contributed by atoms with E-state index in [4.69, 9.17) is 5.73 Å². The molecule has 2 N–H and O–H groups in total. The van der Waals surface area contributed by atoms with Crippen molar-refractivity contribution in [1.82, 2.24) is 4.90 Å². The smallest absolute Gasteiger partial charge is 0.222 e. The van der Waals surface area contributed by atoms with Crippen molar-refractivity contribution in [2.24, 2.45) is 11.7 Å². The monoisotopic (exact) mass is 156 g/mol. The Morgan fingerprint density at radius 2 is 2.45 bits per heavy atom. The van der Waals surface area contributed by atoms with Gasteiger partial charge in [-0.05, 0) is 18.9 Å². The lowest BCUT2D eigenvalue weighted by Crippen LogP contribution is -2.32. The molecule has 3 heteroatoms. The average Bonchev–Trinajstić information content (AvgIpc) is 2.37. The number of amides is 1. The van der Waals surface area contributed by atoms with Crippen molar-refractivity contribution in [3.63, 3.8) is 0 Å². The molecule has 1 rings (SSSR count). The summed E-state index contributed by atoms with van der Waals surface area (Å²) in [6.07, 6.45) is 1.76. The molecule has 0 spiro atoms. The zero-order chi connectivity index (χ0) is 8.27. The molecular weight excluding hydrogens is 140 g/mol. The first-order valence-corrected chi connectivity index (χ1v) is 4.22. The van der Waals surface area contributed by atoms with Crippen LogP contribution in [-0.2, 0) is 4.79 Å². The van der Waals surface area contributed by atoms with Crippen LogP contribution in [0, 0.1) is 5.92 Å². The molecule has 1 amide bonds. The van der Waals surface area contributed by atoms with Crippen molar-refractivity contribution in [1.29, 1.82) is 0 Å². The van der Waals surface area contributed by atoms with E-state index in [1.165, 1.54) is 0 Å². The van der Waals surface area contributed by atoms with Gasteiger partial charge in [0.2, 0.25) is 5.91 Å². The summed E-state index contributed by atoms with van der Waals surface area (Å²) in [6.45, 7) is 4.52. The third-order valence-corrected chi connectivity index (χ3v) is 2.11. The third-order valence-electron chi connectivity index (χ3n) is 2.11. The molecule has 0 aliphatic carbocycles. The minimum absolute atomic E-state index is 0.297. The SMILES string of the molecule is C[C@H](CN)CN1CCCC1=O. The zero-order valence-corrected chi connectivity index (χ0v) is 7.05. The fraction of sp³-hybridized carbons (Fsp3) is 0.875. The summed E-state index contributed by atoms with van der Waals surface area (Å²) in [5, 5.41) is 0. The Hall–Kier alpha value is -0.570. The summed E-state index contributed by atoms with van der Waals surface area (Å²) in [5.74, 6) is 0.738. The Balaban J connectivity index is 2.30. The molecule has 3 nitrogen and oxygen atoms in total. The molecule has 1 aliphatic heterocycles. The van der Waals surface area contributed by atoms with Crippen LogP contribution >= 0.6 is 0 Å². The van der Waals surface area contributed by atoms with Crippen LogP contribution in [0.2, 0.25) is 0 Å². The van der Waals surface area contributed by atoms with Gasteiger partial charge in [-0.25, -0.2) is 0 Å². The molecule has 1 fully saturated rings. The first kappa shape index (κ1) is 8.53. The number of carbonyl (C=O) groups excluding carboxylic acids is 1. The van der Waals surface area contributed by atoms with E-state index in [-0.39, 0.29) is 0 Å². The number of nitrogens with two attached hydrogens (primary N) is 1. The number of hydrogen-bond acceptors (Lipinski definition) is 2. The first-order chi connectivity index (χ1) is 5.24. The molecule has 1 heterocycles. The van der Waals surface area contributed by atoms with Gasteiger partial charge in [0.25, 0.3) is 0 Å². The van der Waals surface area contributed by atoms with E-state index in [0.29, 0.717) is 18.4 Å². The van der Waals surface area contributed by atoms with Crippen LogP contribution in [0.5, 0.6) is 0 Å². The van der Waals surface area contributed by atoms with Gasteiger partial charge in [-0.15, -0.1) is 0 Å². The van der Waals surface area contributed by atoms with E-state index in [0.717, 1.165) is 25.9 Å². The summed E-state index contributed by atoms with van der Waals surface area (Å²) in [5.41, 5.74) is 5.46. The molecule has 0 radical (unpaired) electrons. The maximum absolute atomic E-state index is 11.1. The first-order valence-electron chi connectivity index (χ1n) is 4.22. The van der Waals surface area contributed by atoms with E-state index in [9.17, 15) is 4.79 Å². The highest BCUT2D eigenvalue weighted by Crippen LogP contribution is 2.11. The van der Waals surface area contributed by atoms with Crippen molar-refractivity contribution < 1.29 is 4.79 Å². The Kier molecular flexibility index (Phi) is 2.88. The minimum Gasteiger partial charge on any atom is -0.342 e. The molecule has 1 atom stereocenters. The Morgan fingerprint density at radius 3 is 2.91 bits per heavy atom. The molecule has 0 saturated carbocycles. The third kappa shape index (κ3) is 2.19. The van der Waals surface area contributed by atoms with Crippen LogP contribution in [0.1, 0.15) is 19.8 Å². The molecule has 1 saturated heterocycles. The maximum atomic E-state index is 11.1. The number of carbonyl (C=O) groups is 1. The van der Waals surface area contributed by atoms with Crippen molar-refractivity contribution in [2.75, 3.05) is 19.6 Å². The van der Waals surface area contributed by atoms with Crippen LogP contribution in [0.15, 0.2) is 0 Å². The molecular formula is C8H16N2O. The second kappa shape index (κ2) is 3.72. The second-order valence-corrected chi connectivity index (χ2v) is 3.28. The highest BCUT2D eigenvalue weighted by atomic mass is 16.2. The van der Waals surface area contributed by atoms with E-state index in [2.05, 4.69) is 6.92 Å². The van der Waals surface area contributed by atoms with Crippen LogP contribution in [0.25, 0.3) is 0 Å². The molecule has 1 aliphatic rings. The minimum atomic E-state index is 0.297. The lowest BCUT2D eigenvalue weighted by Gasteiger charge is -2.19. The number of nitrogens with zero attached hydrogens (tertiary/aromatic N) is 1. The van der Waals surface area contributed by atoms with Crippen molar-refractivity contribution in [3.8, 4) is 0 Å². The van der Waals surface area contributed by atoms with Crippen LogP contribution in [-0.4, -0.2) is 30.4 Å². The van der Waals surface area contributed by atoms with Gasteiger partial charge in [-0.3, -0.25) is 4.79 Å². The molecule has 0 aromatic heterocycles. The second-order valence-electron chi connectivity index (χ2n) is 3.28. The van der Waals surface area contributed by atoms with Crippen LogP contribution in [0.4, 0.5) is 0 Å². The van der Waals surface area contributed by atoms with E-state index in [1.807, 2.05) is 4.90 Å². The Morgan fingerprint density at radius 1 is 1.73 bits per heavy atom. The standard InChI is InChI=1S/C8H16N2O/c1-7(5-9)6-10-4-2-3-8(10)11/h7H,2-6,9H2,1H3/t7-/m1/s1. The maximum Gasteiger partial charge on any atom is 0.222 e. The van der Waals surface area contributed by atoms with E-state index < -0.39 is 0 Å². The normalized spacial score (nSPS) is 20.9. The Bertz CT molecular complexity index is 147. The highest BCUT2D eigenvalue weighted by Gasteiger charge is 2.20. The van der Waals surface area contributed by atoms with Gasteiger partial charge in [0.15, 0.2) is 0 Å². The van der Waals surface area contributed by atoms with Gasteiger partial charge in [-0.1, -0.05) is 6.92 Å². The lowest BCUT2D eigenvalue weighted by molar-refractivity contribution is -0.128. The average molecular weight is 156 g/mol. The van der Waals surface area contributed by atoms with Gasteiger partial charge in [0, 0.05) is 19.5 Å². The summed E-state index contributed by atoms with van der Waals surface area (Å²) < 4.78 is 0. The molecule has 0 aromatic carbocycles. The number of rotatable bonds is 3.